The number of methoxy groups -OCH3 is 2. The molecule has 0 bridgehead atoms. The van der Waals surface area contributed by atoms with E-state index >= 15 is 0 Å². The second-order valence-electron chi connectivity index (χ2n) is 4.19. The summed E-state index contributed by atoms with van der Waals surface area (Å²) in [6, 6.07) is 4.11. The fraction of sp³-hybridized carbons (Fsp3) is 0.538. The zero-order chi connectivity index (χ0) is 11.5. The first-order valence-corrected chi connectivity index (χ1v) is 5.75. The molecule has 0 radical (unpaired) electrons. The van der Waals surface area contributed by atoms with Gasteiger partial charge in [-0.05, 0) is 43.4 Å². The molecule has 2 rings (SSSR count). The highest BCUT2D eigenvalue weighted by molar-refractivity contribution is 5.85. The second-order valence-corrected chi connectivity index (χ2v) is 4.19. The molecule has 0 spiro atoms. The zero-order valence-corrected chi connectivity index (χ0v) is 11.2. The van der Waals surface area contributed by atoms with E-state index in [-0.39, 0.29) is 12.4 Å². The van der Waals surface area contributed by atoms with Crippen LogP contribution in [0.1, 0.15) is 29.9 Å². The van der Waals surface area contributed by atoms with Gasteiger partial charge in [-0.2, -0.15) is 0 Å². The molecule has 0 heterocycles. The van der Waals surface area contributed by atoms with Gasteiger partial charge < -0.3 is 15.2 Å². The van der Waals surface area contributed by atoms with Crippen LogP contribution in [0.15, 0.2) is 12.1 Å². The molecule has 0 fully saturated rings. The first-order valence-electron chi connectivity index (χ1n) is 5.75. The Morgan fingerprint density at radius 2 is 2.06 bits per heavy atom. The third-order valence-corrected chi connectivity index (χ3v) is 3.39. The Labute approximate surface area is 109 Å². The highest BCUT2D eigenvalue weighted by Crippen LogP contribution is 2.41. The van der Waals surface area contributed by atoms with Crippen LogP contribution in [-0.2, 0) is 6.42 Å². The normalized spacial score (nSPS) is 17.9. The molecule has 17 heavy (non-hydrogen) atoms. The summed E-state index contributed by atoms with van der Waals surface area (Å²) in [7, 11) is 3.37. The predicted molar refractivity (Wildman–Crippen MR) is 71.5 cm³/mol. The van der Waals surface area contributed by atoms with Gasteiger partial charge in [-0.25, -0.2) is 0 Å². The molecule has 2 N–H and O–H groups in total. The summed E-state index contributed by atoms with van der Waals surface area (Å²) in [5.41, 5.74) is 8.43. The van der Waals surface area contributed by atoms with Gasteiger partial charge in [-0.15, -0.1) is 12.4 Å². The summed E-state index contributed by atoms with van der Waals surface area (Å²) in [6.45, 7) is 0.711. The lowest BCUT2D eigenvalue weighted by atomic mass is 9.82. The third-order valence-electron chi connectivity index (χ3n) is 3.39. The minimum absolute atomic E-state index is 0. The van der Waals surface area contributed by atoms with Gasteiger partial charge in [0.15, 0.2) is 11.5 Å². The van der Waals surface area contributed by atoms with Crippen molar-refractivity contribution in [2.75, 3.05) is 20.8 Å². The van der Waals surface area contributed by atoms with E-state index in [0.29, 0.717) is 12.5 Å². The number of fused-ring (bicyclic) bond motifs is 1. The van der Waals surface area contributed by atoms with Gasteiger partial charge in [-0.1, -0.05) is 6.07 Å². The van der Waals surface area contributed by atoms with Gasteiger partial charge in [0.05, 0.1) is 14.2 Å². The molecule has 1 aliphatic rings. The molecule has 0 aliphatic heterocycles. The minimum Gasteiger partial charge on any atom is -0.493 e. The van der Waals surface area contributed by atoms with Crippen LogP contribution >= 0.6 is 12.4 Å². The Morgan fingerprint density at radius 3 is 2.65 bits per heavy atom. The predicted octanol–water partition coefficient (Wildman–Crippen LogP) is 2.50. The Hall–Kier alpha value is -0.930. The summed E-state index contributed by atoms with van der Waals surface area (Å²) < 4.78 is 10.8. The van der Waals surface area contributed by atoms with Gasteiger partial charge in [0, 0.05) is 5.56 Å². The third kappa shape index (κ3) is 2.50. The maximum absolute atomic E-state index is 5.81. The lowest BCUT2D eigenvalue weighted by Gasteiger charge is -2.26. The highest BCUT2D eigenvalue weighted by Gasteiger charge is 2.23. The summed E-state index contributed by atoms with van der Waals surface area (Å²) in [5, 5.41) is 0. The number of ether oxygens (including phenoxy) is 2. The van der Waals surface area contributed by atoms with Crippen molar-refractivity contribution >= 4 is 12.4 Å². The topological polar surface area (TPSA) is 44.5 Å². The Morgan fingerprint density at radius 1 is 1.29 bits per heavy atom. The van der Waals surface area contributed by atoms with Crippen molar-refractivity contribution in [1.29, 1.82) is 0 Å². The highest BCUT2D eigenvalue weighted by atomic mass is 35.5. The van der Waals surface area contributed by atoms with Crippen molar-refractivity contribution in [2.45, 2.75) is 25.2 Å². The van der Waals surface area contributed by atoms with Crippen LogP contribution in [0.4, 0.5) is 0 Å². The molecule has 96 valence electrons. The van der Waals surface area contributed by atoms with E-state index in [1.807, 2.05) is 6.07 Å². The Balaban J connectivity index is 0.00000144. The molecule has 1 aliphatic carbocycles. The average Bonchev–Trinajstić information content (AvgIpc) is 2.36. The van der Waals surface area contributed by atoms with Crippen molar-refractivity contribution in [2.24, 2.45) is 5.73 Å². The van der Waals surface area contributed by atoms with Crippen molar-refractivity contribution < 1.29 is 9.47 Å². The first-order chi connectivity index (χ1) is 7.81. The molecular formula is C13H20ClNO2. The number of benzene rings is 1. The fourth-order valence-corrected chi connectivity index (χ4v) is 2.57. The molecule has 1 atom stereocenters. The summed E-state index contributed by atoms with van der Waals surface area (Å²) in [6.07, 6.45) is 3.42. The number of hydrogen-bond acceptors (Lipinski definition) is 3. The molecule has 0 saturated carbocycles. The lowest BCUT2D eigenvalue weighted by molar-refractivity contribution is 0.348. The molecule has 0 aromatic heterocycles. The van der Waals surface area contributed by atoms with Crippen LogP contribution < -0.4 is 15.2 Å². The Bertz CT molecular complexity index is 382. The molecule has 0 saturated heterocycles. The molecular weight excluding hydrogens is 238 g/mol. The van der Waals surface area contributed by atoms with E-state index in [4.69, 9.17) is 15.2 Å². The maximum atomic E-state index is 5.81. The lowest BCUT2D eigenvalue weighted by Crippen LogP contribution is -2.18. The second kappa shape index (κ2) is 6.12. The standard InChI is InChI=1S/C13H19NO2.ClH/c1-15-12-7-6-10-9(8-14)4-3-5-11(10)13(12)16-2;/h6-7,9H,3-5,8,14H2,1-2H3;1H. The van der Waals surface area contributed by atoms with E-state index in [1.165, 1.54) is 24.0 Å². The van der Waals surface area contributed by atoms with E-state index in [2.05, 4.69) is 6.07 Å². The van der Waals surface area contributed by atoms with E-state index in [9.17, 15) is 0 Å². The van der Waals surface area contributed by atoms with Crippen LogP contribution in [0.25, 0.3) is 0 Å². The molecule has 1 aromatic rings. The average molecular weight is 258 g/mol. The van der Waals surface area contributed by atoms with Gasteiger partial charge in [0.1, 0.15) is 0 Å². The van der Waals surface area contributed by atoms with Gasteiger partial charge in [-0.3, -0.25) is 0 Å². The largest absolute Gasteiger partial charge is 0.493 e. The molecule has 3 nitrogen and oxygen atoms in total. The van der Waals surface area contributed by atoms with Crippen molar-refractivity contribution in [3.8, 4) is 11.5 Å². The summed E-state index contributed by atoms with van der Waals surface area (Å²) in [4.78, 5) is 0. The smallest absolute Gasteiger partial charge is 0.164 e. The quantitative estimate of drug-likeness (QED) is 0.905. The van der Waals surface area contributed by atoms with Crippen molar-refractivity contribution in [3.05, 3.63) is 23.3 Å². The molecule has 1 aromatic carbocycles. The zero-order valence-electron chi connectivity index (χ0n) is 10.4. The van der Waals surface area contributed by atoms with Gasteiger partial charge >= 0.3 is 0 Å². The molecule has 1 unspecified atom stereocenters. The van der Waals surface area contributed by atoms with Crippen LogP contribution in [0.5, 0.6) is 11.5 Å². The molecule has 4 heteroatoms. The van der Waals surface area contributed by atoms with Crippen molar-refractivity contribution in [1.82, 2.24) is 0 Å². The summed E-state index contributed by atoms with van der Waals surface area (Å²) >= 11 is 0. The van der Waals surface area contributed by atoms with Crippen LogP contribution in [0.2, 0.25) is 0 Å². The number of rotatable bonds is 3. The van der Waals surface area contributed by atoms with Crippen molar-refractivity contribution in [3.63, 3.8) is 0 Å². The number of halogens is 1. The van der Waals surface area contributed by atoms with Crippen LogP contribution in [0, 0.1) is 0 Å². The van der Waals surface area contributed by atoms with Crippen LogP contribution in [-0.4, -0.2) is 20.8 Å². The minimum atomic E-state index is 0. The number of hydrogen-bond donors (Lipinski definition) is 1. The van der Waals surface area contributed by atoms with Crippen LogP contribution in [0.3, 0.4) is 0 Å². The number of nitrogens with two attached hydrogens (primary N) is 1. The van der Waals surface area contributed by atoms with Gasteiger partial charge in [0.25, 0.3) is 0 Å². The maximum Gasteiger partial charge on any atom is 0.164 e. The van der Waals surface area contributed by atoms with E-state index in [0.717, 1.165) is 17.9 Å². The monoisotopic (exact) mass is 257 g/mol. The Kier molecular flexibility index (Phi) is 5.09. The summed E-state index contributed by atoms with van der Waals surface area (Å²) in [5.74, 6) is 2.18. The van der Waals surface area contributed by atoms with E-state index < -0.39 is 0 Å². The first kappa shape index (κ1) is 14.1. The SMILES string of the molecule is COc1ccc2c(c1OC)CCCC2CN.Cl. The van der Waals surface area contributed by atoms with Gasteiger partial charge in [0.2, 0.25) is 0 Å². The van der Waals surface area contributed by atoms with E-state index in [1.54, 1.807) is 14.2 Å². The molecule has 0 amide bonds. The fourth-order valence-electron chi connectivity index (χ4n) is 2.57.